The van der Waals surface area contributed by atoms with Crippen molar-refractivity contribution in [2.45, 2.75) is 62.3 Å². The SMILES string of the molecule is CC(C)(CC#N)Nc1nc(N2CC=C(c3ncc(C4CC4)cn3)CC2)nc2c1[S@](=O)CC2. The summed E-state index contributed by atoms with van der Waals surface area (Å²) in [5.41, 5.74) is 2.77. The molecule has 1 N–H and O–H groups in total. The van der Waals surface area contributed by atoms with Crippen LogP contribution >= 0.6 is 0 Å². The lowest BCUT2D eigenvalue weighted by Crippen LogP contribution is -2.33. The summed E-state index contributed by atoms with van der Waals surface area (Å²) < 4.78 is 12.6. The Labute approximate surface area is 190 Å². The first kappa shape index (κ1) is 21.0. The van der Waals surface area contributed by atoms with Crippen LogP contribution in [-0.4, -0.2) is 48.5 Å². The van der Waals surface area contributed by atoms with Crippen molar-refractivity contribution >= 4 is 28.1 Å². The third-order valence-electron chi connectivity index (χ3n) is 6.15. The van der Waals surface area contributed by atoms with Gasteiger partial charge in [0.05, 0.1) is 29.0 Å². The maximum absolute atomic E-state index is 12.6. The highest BCUT2D eigenvalue weighted by Gasteiger charge is 2.30. The molecule has 3 aliphatic rings. The summed E-state index contributed by atoms with van der Waals surface area (Å²) >= 11 is 0. The van der Waals surface area contributed by atoms with E-state index in [9.17, 15) is 4.21 Å². The van der Waals surface area contributed by atoms with Crippen LogP contribution in [0.15, 0.2) is 23.4 Å². The lowest BCUT2D eigenvalue weighted by molar-refractivity contribution is 0.576. The summed E-state index contributed by atoms with van der Waals surface area (Å²) in [5.74, 6) is 3.26. The minimum absolute atomic E-state index is 0.323. The van der Waals surface area contributed by atoms with E-state index in [2.05, 4.69) is 32.3 Å². The van der Waals surface area contributed by atoms with Crippen LogP contribution in [0, 0.1) is 11.3 Å². The van der Waals surface area contributed by atoms with Gasteiger partial charge in [-0.3, -0.25) is 4.21 Å². The second kappa shape index (κ2) is 8.24. The van der Waals surface area contributed by atoms with Crippen molar-refractivity contribution < 1.29 is 4.21 Å². The number of hydrogen-bond acceptors (Lipinski definition) is 8. The Balaban J connectivity index is 1.37. The number of hydrogen-bond donors (Lipinski definition) is 1. The van der Waals surface area contributed by atoms with Crippen LogP contribution in [0.5, 0.6) is 0 Å². The second-order valence-electron chi connectivity index (χ2n) is 9.33. The van der Waals surface area contributed by atoms with E-state index in [0.717, 1.165) is 30.1 Å². The van der Waals surface area contributed by atoms with Gasteiger partial charge in [0.1, 0.15) is 10.7 Å². The Bertz CT molecular complexity index is 1130. The zero-order chi connectivity index (χ0) is 22.3. The molecule has 166 valence electrons. The number of nitrogens with one attached hydrogen (secondary N) is 1. The van der Waals surface area contributed by atoms with Crippen LogP contribution in [0.4, 0.5) is 11.8 Å². The number of rotatable bonds is 6. The van der Waals surface area contributed by atoms with Crippen LogP contribution < -0.4 is 10.2 Å². The van der Waals surface area contributed by atoms with Gasteiger partial charge in [0.2, 0.25) is 5.95 Å². The fourth-order valence-electron chi connectivity index (χ4n) is 4.16. The minimum Gasteiger partial charge on any atom is -0.363 e. The van der Waals surface area contributed by atoms with Crippen LogP contribution in [0.25, 0.3) is 5.57 Å². The smallest absolute Gasteiger partial charge is 0.227 e. The highest BCUT2D eigenvalue weighted by molar-refractivity contribution is 7.85. The number of aromatic nitrogens is 4. The summed E-state index contributed by atoms with van der Waals surface area (Å²) in [6.07, 6.45) is 10.4. The van der Waals surface area contributed by atoms with E-state index in [0.29, 0.717) is 47.7 Å². The average molecular weight is 450 g/mol. The molecule has 1 saturated carbocycles. The average Bonchev–Trinajstić information content (AvgIpc) is 3.56. The molecule has 2 aromatic heterocycles. The Morgan fingerprint density at radius 3 is 2.69 bits per heavy atom. The predicted molar refractivity (Wildman–Crippen MR) is 124 cm³/mol. The second-order valence-corrected chi connectivity index (χ2v) is 10.8. The fraction of sp³-hybridized carbons (Fsp3) is 0.522. The molecule has 2 aromatic rings. The zero-order valence-corrected chi connectivity index (χ0v) is 19.3. The monoisotopic (exact) mass is 449 g/mol. The van der Waals surface area contributed by atoms with Gasteiger partial charge in [0.25, 0.3) is 0 Å². The van der Waals surface area contributed by atoms with Gasteiger partial charge in [-0.25, -0.2) is 15.0 Å². The molecule has 0 amide bonds. The molecule has 1 aliphatic carbocycles. The number of anilines is 2. The van der Waals surface area contributed by atoms with E-state index in [1.165, 1.54) is 18.4 Å². The van der Waals surface area contributed by atoms with E-state index < -0.39 is 16.3 Å². The Morgan fingerprint density at radius 1 is 1.25 bits per heavy atom. The first-order chi connectivity index (χ1) is 15.4. The highest BCUT2D eigenvalue weighted by Crippen LogP contribution is 2.39. The summed E-state index contributed by atoms with van der Waals surface area (Å²) in [5, 5.41) is 12.5. The minimum atomic E-state index is -1.11. The van der Waals surface area contributed by atoms with Gasteiger partial charge in [-0.05, 0) is 50.2 Å². The van der Waals surface area contributed by atoms with Crippen molar-refractivity contribution in [2.24, 2.45) is 0 Å². The largest absolute Gasteiger partial charge is 0.363 e. The van der Waals surface area contributed by atoms with Crippen LogP contribution in [0.2, 0.25) is 0 Å². The van der Waals surface area contributed by atoms with E-state index >= 15 is 0 Å². The Hall–Kier alpha value is -2.86. The molecule has 1 atom stereocenters. The molecule has 0 radical (unpaired) electrons. The summed E-state index contributed by atoms with van der Waals surface area (Å²) in [7, 11) is -1.11. The van der Waals surface area contributed by atoms with Crippen molar-refractivity contribution in [3.05, 3.63) is 35.6 Å². The number of nitriles is 1. The van der Waals surface area contributed by atoms with Crippen molar-refractivity contribution in [3.63, 3.8) is 0 Å². The third kappa shape index (κ3) is 4.24. The molecule has 32 heavy (non-hydrogen) atoms. The van der Waals surface area contributed by atoms with Gasteiger partial charge < -0.3 is 10.2 Å². The van der Waals surface area contributed by atoms with Gasteiger partial charge in [-0.15, -0.1) is 0 Å². The number of nitrogens with zero attached hydrogens (tertiary/aromatic N) is 6. The number of fused-ring (bicyclic) bond motifs is 1. The molecule has 5 rings (SSSR count). The molecule has 0 bridgehead atoms. The highest BCUT2D eigenvalue weighted by atomic mass is 32.2. The number of aryl methyl sites for hydroxylation is 1. The van der Waals surface area contributed by atoms with Crippen molar-refractivity contribution in [1.82, 2.24) is 19.9 Å². The molecule has 0 aromatic carbocycles. The molecule has 1 fully saturated rings. The first-order valence-electron chi connectivity index (χ1n) is 11.1. The van der Waals surface area contributed by atoms with Gasteiger partial charge in [0, 0.05) is 43.2 Å². The normalized spacial score (nSPS) is 20.5. The molecule has 2 aliphatic heterocycles. The third-order valence-corrected chi connectivity index (χ3v) is 7.61. The lowest BCUT2D eigenvalue weighted by Gasteiger charge is -2.29. The van der Waals surface area contributed by atoms with Crippen LogP contribution in [0.1, 0.15) is 62.5 Å². The van der Waals surface area contributed by atoms with Gasteiger partial charge >= 0.3 is 0 Å². The van der Waals surface area contributed by atoms with Gasteiger partial charge in [-0.1, -0.05) is 6.08 Å². The summed E-state index contributed by atoms with van der Waals surface area (Å²) in [6, 6.07) is 2.21. The van der Waals surface area contributed by atoms with E-state index in [1.807, 2.05) is 26.2 Å². The van der Waals surface area contributed by atoms with Crippen molar-refractivity contribution in [1.29, 1.82) is 5.26 Å². The van der Waals surface area contributed by atoms with Crippen LogP contribution in [-0.2, 0) is 17.2 Å². The molecule has 0 spiro atoms. The quantitative estimate of drug-likeness (QED) is 0.716. The van der Waals surface area contributed by atoms with Gasteiger partial charge in [-0.2, -0.15) is 10.2 Å². The molecule has 0 unspecified atom stereocenters. The molecule has 8 nitrogen and oxygen atoms in total. The summed E-state index contributed by atoms with van der Waals surface area (Å²) in [4.78, 5) is 21.5. The molecule has 4 heterocycles. The van der Waals surface area contributed by atoms with E-state index in [-0.39, 0.29) is 0 Å². The Morgan fingerprint density at radius 2 is 2.03 bits per heavy atom. The molecule has 0 saturated heterocycles. The molecular formula is C23H27N7OS. The standard InChI is InChI=1S/C23H27N7OS/c1-23(2,8-9-24)29-21-19-18(7-12-32(19)31)27-22(28-21)30-10-5-16(6-11-30)20-25-13-17(14-26-20)15-3-4-15/h5,13-15H,3-4,6-8,10-12H2,1-2H3,(H,27,28,29)/t32-/m1/s1. The van der Waals surface area contributed by atoms with Crippen LogP contribution in [0.3, 0.4) is 0 Å². The van der Waals surface area contributed by atoms with Crippen molar-refractivity contribution in [3.8, 4) is 6.07 Å². The molecule has 9 heteroatoms. The maximum atomic E-state index is 12.6. The molecular weight excluding hydrogens is 422 g/mol. The zero-order valence-electron chi connectivity index (χ0n) is 18.5. The predicted octanol–water partition coefficient (Wildman–Crippen LogP) is 3.21. The van der Waals surface area contributed by atoms with E-state index in [4.69, 9.17) is 15.2 Å². The van der Waals surface area contributed by atoms with Gasteiger partial charge in [0.15, 0.2) is 5.82 Å². The Kier molecular flexibility index (Phi) is 5.41. The fourth-order valence-corrected chi connectivity index (χ4v) is 5.46. The van der Waals surface area contributed by atoms with Crippen molar-refractivity contribution in [2.75, 3.05) is 29.1 Å². The topological polar surface area (TPSA) is 108 Å². The summed E-state index contributed by atoms with van der Waals surface area (Å²) in [6.45, 7) is 5.34. The maximum Gasteiger partial charge on any atom is 0.227 e. The lowest BCUT2D eigenvalue weighted by atomic mass is 10.0. The van der Waals surface area contributed by atoms with E-state index in [1.54, 1.807) is 0 Å². The first-order valence-corrected chi connectivity index (χ1v) is 12.5.